The average molecular weight is 334 g/mol. The van der Waals surface area contributed by atoms with Crippen molar-refractivity contribution in [2.45, 2.75) is 6.54 Å². The third-order valence-electron chi connectivity index (χ3n) is 3.93. The fraction of sp³-hybridized carbons (Fsp3) is 0.0556. The smallest absolute Gasteiger partial charge is 0.277 e. The van der Waals surface area contributed by atoms with E-state index in [4.69, 9.17) is 0 Å². The zero-order valence-electron chi connectivity index (χ0n) is 13.0. The van der Waals surface area contributed by atoms with Gasteiger partial charge in [-0.15, -0.1) is 0 Å². The highest BCUT2D eigenvalue weighted by molar-refractivity contribution is 5.73. The molecule has 3 N–H and O–H groups in total. The summed E-state index contributed by atoms with van der Waals surface area (Å²) in [5, 5.41) is 19.0. The molecule has 0 bridgehead atoms. The van der Waals surface area contributed by atoms with Gasteiger partial charge in [-0.1, -0.05) is 30.3 Å². The predicted molar refractivity (Wildman–Crippen MR) is 92.5 cm³/mol. The van der Waals surface area contributed by atoms with Crippen molar-refractivity contribution in [3.8, 4) is 22.9 Å². The lowest BCUT2D eigenvalue weighted by Gasteiger charge is -2.05. The van der Waals surface area contributed by atoms with Gasteiger partial charge in [0.05, 0.1) is 6.33 Å². The number of hydrogen-bond acceptors (Lipinski definition) is 5. The number of hydrogen-bond donors (Lipinski definition) is 3. The molecule has 2 heterocycles. The Morgan fingerprint density at radius 1 is 1.04 bits per heavy atom. The van der Waals surface area contributed by atoms with Gasteiger partial charge in [0, 0.05) is 12.1 Å². The Labute approximate surface area is 141 Å². The number of phenols is 2. The second kappa shape index (κ2) is 5.79. The van der Waals surface area contributed by atoms with Crippen LogP contribution in [0.3, 0.4) is 0 Å². The molecule has 0 amide bonds. The average Bonchev–Trinajstić information content (AvgIpc) is 3.01. The summed E-state index contributed by atoms with van der Waals surface area (Å²) in [6.45, 7) is 0.515. The van der Waals surface area contributed by atoms with Crippen molar-refractivity contribution in [1.29, 1.82) is 0 Å². The minimum atomic E-state index is -0.319. The number of rotatable bonds is 3. The zero-order valence-corrected chi connectivity index (χ0v) is 13.0. The predicted octanol–water partition coefficient (Wildman–Crippen LogP) is 2.25. The molecule has 2 aromatic carbocycles. The second-order valence-electron chi connectivity index (χ2n) is 5.65. The van der Waals surface area contributed by atoms with Gasteiger partial charge < -0.3 is 19.8 Å². The molecule has 0 aliphatic heterocycles. The Hall–Kier alpha value is -3.61. The molecule has 0 saturated carbocycles. The lowest BCUT2D eigenvalue weighted by atomic mass is 10.2. The van der Waals surface area contributed by atoms with Crippen LogP contribution < -0.4 is 5.56 Å². The summed E-state index contributed by atoms with van der Waals surface area (Å²) in [6.07, 6.45) is 1.58. The van der Waals surface area contributed by atoms with Gasteiger partial charge in [-0.25, -0.2) is 9.97 Å². The van der Waals surface area contributed by atoms with E-state index < -0.39 is 0 Å². The maximum atomic E-state index is 12.5. The molecule has 0 aliphatic carbocycles. The fourth-order valence-corrected chi connectivity index (χ4v) is 2.69. The van der Waals surface area contributed by atoms with Crippen LogP contribution >= 0.6 is 0 Å². The van der Waals surface area contributed by atoms with E-state index in [0.717, 1.165) is 5.56 Å². The first-order chi connectivity index (χ1) is 12.1. The molecule has 2 aromatic heterocycles. The van der Waals surface area contributed by atoms with Crippen molar-refractivity contribution in [3.63, 3.8) is 0 Å². The number of imidazole rings is 1. The summed E-state index contributed by atoms with van der Waals surface area (Å²) in [5.74, 6) is -0.244. The minimum absolute atomic E-state index is 0.237. The number of H-pyrrole nitrogens is 1. The number of aromatic nitrogens is 4. The van der Waals surface area contributed by atoms with E-state index in [1.165, 1.54) is 12.1 Å². The highest BCUT2D eigenvalue weighted by Gasteiger charge is 2.13. The Morgan fingerprint density at radius 2 is 1.84 bits per heavy atom. The van der Waals surface area contributed by atoms with Crippen LogP contribution in [0, 0.1) is 0 Å². The van der Waals surface area contributed by atoms with Crippen molar-refractivity contribution >= 4 is 11.2 Å². The van der Waals surface area contributed by atoms with Crippen LogP contribution in [-0.4, -0.2) is 29.7 Å². The fourth-order valence-electron chi connectivity index (χ4n) is 2.69. The minimum Gasteiger partial charge on any atom is -0.504 e. The molecule has 124 valence electrons. The first-order valence-electron chi connectivity index (χ1n) is 7.63. The molecule has 4 rings (SSSR count). The number of nitrogens with zero attached hydrogens (tertiary/aromatic N) is 3. The Balaban J connectivity index is 1.79. The Bertz CT molecular complexity index is 1120. The monoisotopic (exact) mass is 334 g/mol. The number of benzene rings is 2. The number of aromatic hydroxyl groups is 2. The molecule has 0 fully saturated rings. The van der Waals surface area contributed by atoms with Gasteiger partial charge in [0.25, 0.3) is 5.56 Å². The van der Waals surface area contributed by atoms with Gasteiger partial charge in [-0.2, -0.15) is 0 Å². The third-order valence-corrected chi connectivity index (χ3v) is 3.93. The lowest BCUT2D eigenvalue weighted by Crippen LogP contribution is -2.13. The summed E-state index contributed by atoms with van der Waals surface area (Å²) in [7, 11) is 0. The van der Waals surface area contributed by atoms with Crippen molar-refractivity contribution in [2.75, 3.05) is 0 Å². The van der Waals surface area contributed by atoms with Gasteiger partial charge in [0.1, 0.15) is 5.82 Å². The van der Waals surface area contributed by atoms with Crippen molar-refractivity contribution < 1.29 is 10.2 Å². The van der Waals surface area contributed by atoms with Crippen LogP contribution in [0.2, 0.25) is 0 Å². The van der Waals surface area contributed by atoms with Crippen LogP contribution in [0.15, 0.2) is 59.7 Å². The Morgan fingerprint density at radius 3 is 2.60 bits per heavy atom. The van der Waals surface area contributed by atoms with E-state index in [9.17, 15) is 15.0 Å². The number of phenolic OH excluding ortho intramolecular Hbond substituents is 2. The van der Waals surface area contributed by atoms with Crippen LogP contribution in [0.1, 0.15) is 5.56 Å². The summed E-state index contributed by atoms with van der Waals surface area (Å²) >= 11 is 0. The van der Waals surface area contributed by atoms with E-state index in [2.05, 4.69) is 15.0 Å². The maximum absolute atomic E-state index is 12.5. The summed E-state index contributed by atoms with van der Waals surface area (Å²) in [4.78, 5) is 23.8. The van der Waals surface area contributed by atoms with E-state index in [0.29, 0.717) is 23.3 Å². The molecule has 0 saturated heterocycles. The van der Waals surface area contributed by atoms with Gasteiger partial charge in [-0.05, 0) is 23.8 Å². The topological polar surface area (TPSA) is 104 Å². The van der Waals surface area contributed by atoms with Crippen LogP contribution in [-0.2, 0) is 6.54 Å². The highest BCUT2D eigenvalue weighted by Crippen LogP contribution is 2.28. The van der Waals surface area contributed by atoms with Crippen LogP contribution in [0.4, 0.5) is 0 Å². The van der Waals surface area contributed by atoms with Gasteiger partial charge in [0.15, 0.2) is 22.7 Å². The number of fused-ring (bicyclic) bond motifs is 1. The maximum Gasteiger partial charge on any atom is 0.277 e. The van der Waals surface area contributed by atoms with E-state index in [1.54, 1.807) is 17.0 Å². The van der Waals surface area contributed by atoms with Crippen molar-refractivity contribution in [3.05, 3.63) is 70.8 Å². The van der Waals surface area contributed by atoms with Gasteiger partial charge in [-0.3, -0.25) is 4.79 Å². The lowest BCUT2D eigenvalue weighted by molar-refractivity contribution is 0.404. The summed E-state index contributed by atoms with van der Waals surface area (Å²) < 4.78 is 1.74. The van der Waals surface area contributed by atoms with Crippen LogP contribution in [0.25, 0.3) is 22.6 Å². The van der Waals surface area contributed by atoms with Crippen molar-refractivity contribution in [1.82, 2.24) is 19.5 Å². The summed E-state index contributed by atoms with van der Waals surface area (Å²) in [5.41, 5.74) is 1.92. The first-order valence-corrected chi connectivity index (χ1v) is 7.63. The van der Waals surface area contributed by atoms with Gasteiger partial charge >= 0.3 is 0 Å². The van der Waals surface area contributed by atoms with Gasteiger partial charge in [0.2, 0.25) is 0 Å². The van der Waals surface area contributed by atoms with Crippen molar-refractivity contribution in [2.24, 2.45) is 0 Å². The molecule has 25 heavy (non-hydrogen) atoms. The molecule has 7 heteroatoms. The zero-order chi connectivity index (χ0) is 17.4. The number of nitrogens with one attached hydrogen (secondary N) is 1. The highest BCUT2D eigenvalue weighted by atomic mass is 16.3. The number of aromatic amines is 1. The van der Waals surface area contributed by atoms with E-state index in [-0.39, 0.29) is 22.9 Å². The largest absolute Gasteiger partial charge is 0.504 e. The molecule has 0 aliphatic rings. The third kappa shape index (κ3) is 2.72. The molecule has 7 nitrogen and oxygen atoms in total. The molecule has 0 spiro atoms. The Kier molecular flexibility index (Phi) is 3.46. The normalized spacial score (nSPS) is 11.0. The molecular weight excluding hydrogens is 320 g/mol. The molecule has 4 aromatic rings. The second-order valence-corrected chi connectivity index (χ2v) is 5.65. The molecule has 0 unspecified atom stereocenters. The standard InChI is InChI=1S/C18H14N4O3/c23-13-7-6-12(8-14(13)24)16-20-17-15(18(25)21-16)22(10-19-17)9-11-4-2-1-3-5-11/h1-8,10,23-24H,9H2,(H,20,21,25). The van der Waals surface area contributed by atoms with Crippen LogP contribution in [0.5, 0.6) is 11.5 Å². The first kappa shape index (κ1) is 14.9. The molecule has 0 atom stereocenters. The summed E-state index contributed by atoms with van der Waals surface area (Å²) in [6, 6.07) is 14.0. The molecular formula is C18H14N4O3. The quantitative estimate of drug-likeness (QED) is 0.499. The van der Waals surface area contributed by atoms with E-state index >= 15 is 0 Å². The van der Waals surface area contributed by atoms with E-state index in [1.807, 2.05) is 30.3 Å². The molecule has 0 radical (unpaired) electrons. The SMILES string of the molecule is O=c1[nH]c(-c2ccc(O)c(O)c2)nc2ncn(Cc3ccccc3)c12.